The fourth-order valence-electron chi connectivity index (χ4n) is 2.28. The lowest BCUT2D eigenvalue weighted by Crippen LogP contribution is -2.31. The Hall–Kier alpha value is -1.52. The highest BCUT2D eigenvalue weighted by Gasteiger charge is 2.34. The van der Waals surface area contributed by atoms with Crippen molar-refractivity contribution in [3.63, 3.8) is 0 Å². The SMILES string of the molecule is CC(C)(C)C1CCN(C(=O)c2[nH]ncc2N)C1. The summed E-state index contributed by atoms with van der Waals surface area (Å²) in [6.45, 7) is 8.27. The second kappa shape index (κ2) is 4.05. The summed E-state index contributed by atoms with van der Waals surface area (Å²) in [7, 11) is 0. The summed E-state index contributed by atoms with van der Waals surface area (Å²) in [5.41, 5.74) is 6.77. The number of anilines is 1. The van der Waals surface area contributed by atoms with Gasteiger partial charge in [-0.1, -0.05) is 20.8 Å². The Labute approximate surface area is 101 Å². The molecule has 1 aliphatic rings. The molecule has 5 heteroatoms. The van der Waals surface area contributed by atoms with Gasteiger partial charge in [0.25, 0.3) is 5.91 Å². The van der Waals surface area contributed by atoms with Crippen LogP contribution in [0.4, 0.5) is 5.69 Å². The van der Waals surface area contributed by atoms with E-state index in [1.165, 1.54) is 6.20 Å². The Balaban J connectivity index is 2.07. The lowest BCUT2D eigenvalue weighted by atomic mass is 9.80. The monoisotopic (exact) mass is 236 g/mol. The van der Waals surface area contributed by atoms with Crippen LogP contribution in [0.25, 0.3) is 0 Å². The van der Waals surface area contributed by atoms with Crippen molar-refractivity contribution in [2.45, 2.75) is 27.2 Å². The number of nitrogens with zero attached hydrogens (tertiary/aromatic N) is 2. The molecule has 1 fully saturated rings. The van der Waals surface area contributed by atoms with Crippen molar-refractivity contribution in [1.29, 1.82) is 0 Å². The van der Waals surface area contributed by atoms with Gasteiger partial charge in [0.2, 0.25) is 0 Å². The average Bonchev–Trinajstić information content (AvgIpc) is 2.83. The Kier molecular flexibility index (Phi) is 2.85. The molecular weight excluding hydrogens is 216 g/mol. The number of H-pyrrole nitrogens is 1. The number of carbonyl (C=O) groups excluding carboxylic acids is 1. The third-order valence-corrected chi connectivity index (χ3v) is 3.58. The van der Waals surface area contributed by atoms with Gasteiger partial charge in [0.1, 0.15) is 5.69 Å². The first-order chi connectivity index (χ1) is 7.89. The standard InChI is InChI=1S/C12H20N4O/c1-12(2,3)8-4-5-16(7-8)11(17)10-9(13)6-14-15-10/h6,8H,4-5,7,13H2,1-3H3,(H,14,15). The van der Waals surface area contributed by atoms with Crippen LogP contribution in [0.3, 0.4) is 0 Å². The maximum absolute atomic E-state index is 12.2. The summed E-state index contributed by atoms with van der Waals surface area (Å²) < 4.78 is 0. The van der Waals surface area contributed by atoms with Crippen molar-refractivity contribution < 1.29 is 4.79 Å². The first kappa shape index (κ1) is 12.0. The van der Waals surface area contributed by atoms with Gasteiger partial charge in [-0.2, -0.15) is 5.10 Å². The van der Waals surface area contributed by atoms with Crippen LogP contribution in [0.15, 0.2) is 6.20 Å². The second-order valence-electron chi connectivity index (χ2n) is 5.80. The number of aromatic nitrogens is 2. The minimum absolute atomic E-state index is 0.0354. The molecule has 1 aliphatic heterocycles. The van der Waals surface area contributed by atoms with E-state index in [0.29, 0.717) is 17.3 Å². The largest absolute Gasteiger partial charge is 0.396 e. The number of likely N-dealkylation sites (tertiary alicyclic amines) is 1. The molecule has 1 unspecified atom stereocenters. The zero-order valence-electron chi connectivity index (χ0n) is 10.7. The Morgan fingerprint density at radius 2 is 2.29 bits per heavy atom. The number of rotatable bonds is 1. The van der Waals surface area contributed by atoms with Gasteiger partial charge < -0.3 is 10.6 Å². The molecule has 2 heterocycles. The predicted octanol–water partition coefficient (Wildman–Crippen LogP) is 1.50. The van der Waals surface area contributed by atoms with E-state index < -0.39 is 0 Å². The highest BCUT2D eigenvalue weighted by molar-refractivity contribution is 5.97. The quantitative estimate of drug-likeness (QED) is 0.776. The van der Waals surface area contributed by atoms with Gasteiger partial charge in [0.05, 0.1) is 11.9 Å². The molecule has 94 valence electrons. The van der Waals surface area contributed by atoms with E-state index in [9.17, 15) is 4.79 Å². The molecular formula is C12H20N4O. The van der Waals surface area contributed by atoms with Gasteiger partial charge in [0.15, 0.2) is 0 Å². The van der Waals surface area contributed by atoms with Crippen LogP contribution in [0.1, 0.15) is 37.7 Å². The van der Waals surface area contributed by atoms with Crippen LogP contribution in [-0.4, -0.2) is 34.1 Å². The molecule has 0 spiro atoms. The number of hydrogen-bond acceptors (Lipinski definition) is 3. The molecule has 2 rings (SSSR count). The van der Waals surface area contributed by atoms with Gasteiger partial charge in [0, 0.05) is 13.1 Å². The first-order valence-corrected chi connectivity index (χ1v) is 5.97. The summed E-state index contributed by atoms with van der Waals surface area (Å²) in [5, 5.41) is 6.45. The highest BCUT2D eigenvalue weighted by Crippen LogP contribution is 2.34. The lowest BCUT2D eigenvalue weighted by molar-refractivity contribution is 0.0772. The molecule has 0 radical (unpaired) electrons. The molecule has 0 aliphatic carbocycles. The predicted molar refractivity (Wildman–Crippen MR) is 66.5 cm³/mol. The van der Waals surface area contributed by atoms with Gasteiger partial charge in [-0.05, 0) is 17.8 Å². The van der Waals surface area contributed by atoms with E-state index in [1.807, 2.05) is 4.90 Å². The molecule has 5 nitrogen and oxygen atoms in total. The maximum atomic E-state index is 12.2. The van der Waals surface area contributed by atoms with Gasteiger partial charge in [-0.3, -0.25) is 9.89 Å². The zero-order chi connectivity index (χ0) is 12.6. The number of amides is 1. The molecule has 0 bridgehead atoms. The number of carbonyl (C=O) groups is 1. The van der Waals surface area contributed by atoms with E-state index >= 15 is 0 Å². The number of nitrogen functional groups attached to an aromatic ring is 1. The van der Waals surface area contributed by atoms with Crippen molar-refractivity contribution in [3.05, 3.63) is 11.9 Å². The van der Waals surface area contributed by atoms with Crippen LogP contribution in [0.2, 0.25) is 0 Å². The minimum Gasteiger partial charge on any atom is -0.396 e. The third kappa shape index (κ3) is 2.28. The van der Waals surface area contributed by atoms with Crippen molar-refractivity contribution >= 4 is 11.6 Å². The molecule has 1 aromatic heterocycles. The summed E-state index contributed by atoms with van der Waals surface area (Å²) >= 11 is 0. The zero-order valence-corrected chi connectivity index (χ0v) is 10.7. The number of aromatic amines is 1. The molecule has 0 aromatic carbocycles. The van der Waals surface area contributed by atoms with E-state index in [4.69, 9.17) is 5.73 Å². The van der Waals surface area contributed by atoms with Crippen molar-refractivity contribution in [2.75, 3.05) is 18.8 Å². The normalized spacial score (nSPS) is 20.9. The van der Waals surface area contributed by atoms with E-state index in [1.54, 1.807) is 0 Å². The second-order valence-corrected chi connectivity index (χ2v) is 5.80. The average molecular weight is 236 g/mol. The van der Waals surface area contributed by atoms with Crippen LogP contribution in [-0.2, 0) is 0 Å². The molecule has 1 amide bonds. The molecule has 0 saturated carbocycles. The van der Waals surface area contributed by atoms with Gasteiger partial charge >= 0.3 is 0 Å². The number of nitrogens with two attached hydrogens (primary N) is 1. The topological polar surface area (TPSA) is 75.0 Å². The van der Waals surface area contributed by atoms with Crippen molar-refractivity contribution in [1.82, 2.24) is 15.1 Å². The molecule has 17 heavy (non-hydrogen) atoms. The fraction of sp³-hybridized carbons (Fsp3) is 0.667. The van der Waals surface area contributed by atoms with Crippen molar-refractivity contribution in [3.8, 4) is 0 Å². The van der Waals surface area contributed by atoms with E-state index in [0.717, 1.165) is 19.5 Å². The Morgan fingerprint density at radius 3 is 2.76 bits per heavy atom. The van der Waals surface area contributed by atoms with E-state index in [-0.39, 0.29) is 11.3 Å². The Bertz CT molecular complexity index is 418. The number of hydrogen-bond donors (Lipinski definition) is 2. The minimum atomic E-state index is -0.0354. The summed E-state index contributed by atoms with van der Waals surface area (Å²) in [5.74, 6) is 0.516. The molecule has 1 aromatic rings. The molecule has 3 N–H and O–H groups in total. The summed E-state index contributed by atoms with van der Waals surface area (Å²) in [6.07, 6.45) is 2.54. The molecule has 1 saturated heterocycles. The highest BCUT2D eigenvalue weighted by atomic mass is 16.2. The van der Waals surface area contributed by atoms with Crippen LogP contribution >= 0.6 is 0 Å². The van der Waals surface area contributed by atoms with E-state index in [2.05, 4.69) is 31.0 Å². The summed E-state index contributed by atoms with van der Waals surface area (Å²) in [4.78, 5) is 14.0. The first-order valence-electron chi connectivity index (χ1n) is 5.97. The smallest absolute Gasteiger partial charge is 0.274 e. The van der Waals surface area contributed by atoms with Crippen LogP contribution < -0.4 is 5.73 Å². The van der Waals surface area contributed by atoms with Crippen molar-refractivity contribution in [2.24, 2.45) is 11.3 Å². The maximum Gasteiger partial charge on any atom is 0.274 e. The van der Waals surface area contributed by atoms with Gasteiger partial charge in [-0.15, -0.1) is 0 Å². The summed E-state index contributed by atoms with van der Waals surface area (Å²) in [6, 6.07) is 0. The third-order valence-electron chi connectivity index (χ3n) is 3.58. The lowest BCUT2D eigenvalue weighted by Gasteiger charge is -2.26. The number of nitrogens with one attached hydrogen (secondary N) is 1. The molecule has 1 atom stereocenters. The Morgan fingerprint density at radius 1 is 1.59 bits per heavy atom. The van der Waals surface area contributed by atoms with Gasteiger partial charge in [-0.25, -0.2) is 0 Å². The van der Waals surface area contributed by atoms with Crippen LogP contribution in [0, 0.1) is 11.3 Å². The van der Waals surface area contributed by atoms with Crippen LogP contribution in [0.5, 0.6) is 0 Å². The fourth-order valence-corrected chi connectivity index (χ4v) is 2.28.